The predicted octanol–water partition coefficient (Wildman–Crippen LogP) is 3.77. The normalized spacial score (nSPS) is 12.4. The molecule has 0 bridgehead atoms. The molecule has 0 saturated carbocycles. The molecular weight excluding hydrogens is 305 g/mol. The van der Waals surface area contributed by atoms with Crippen LogP contribution in [0.2, 0.25) is 0 Å². The Bertz CT molecular complexity index is 645. The summed E-state index contributed by atoms with van der Waals surface area (Å²) in [5.41, 5.74) is 0.584. The maximum Gasteiger partial charge on any atom is 0.322 e. The Balaban J connectivity index is 1.86. The van der Waals surface area contributed by atoms with Crippen LogP contribution in [-0.2, 0) is 4.79 Å². The van der Waals surface area contributed by atoms with Gasteiger partial charge in [-0.25, -0.2) is 4.39 Å². The van der Waals surface area contributed by atoms with Crippen LogP contribution in [0.5, 0.6) is 0 Å². The number of aromatic nitrogens is 2. The van der Waals surface area contributed by atoms with Gasteiger partial charge in [0.1, 0.15) is 5.82 Å². The van der Waals surface area contributed by atoms with Crippen molar-refractivity contribution in [1.82, 2.24) is 10.2 Å². The van der Waals surface area contributed by atoms with Crippen LogP contribution in [0, 0.1) is 5.82 Å². The zero-order valence-electron chi connectivity index (χ0n) is 12.7. The molecule has 7 heteroatoms. The molecule has 0 saturated heterocycles. The van der Waals surface area contributed by atoms with Crippen molar-refractivity contribution in [3.05, 3.63) is 41.5 Å². The van der Waals surface area contributed by atoms with Crippen LogP contribution < -0.4 is 5.32 Å². The fourth-order valence-corrected chi connectivity index (χ4v) is 2.61. The zero-order valence-corrected chi connectivity index (χ0v) is 13.5. The molecule has 0 aliphatic heterocycles. The van der Waals surface area contributed by atoms with Crippen LogP contribution >= 0.6 is 11.8 Å². The quantitative estimate of drug-likeness (QED) is 0.876. The molecule has 1 atom stereocenters. The Morgan fingerprint density at radius 2 is 2.05 bits per heavy atom. The monoisotopic (exact) mass is 323 g/mol. The molecule has 1 unspecified atom stereocenters. The van der Waals surface area contributed by atoms with Gasteiger partial charge in [0.15, 0.2) is 0 Å². The Morgan fingerprint density at radius 3 is 2.68 bits per heavy atom. The van der Waals surface area contributed by atoms with Crippen molar-refractivity contribution in [3.8, 4) is 0 Å². The summed E-state index contributed by atoms with van der Waals surface area (Å²) in [6, 6.07) is 6.65. The molecule has 0 spiro atoms. The van der Waals surface area contributed by atoms with Gasteiger partial charge in [0.2, 0.25) is 11.8 Å². The van der Waals surface area contributed by atoms with Crippen LogP contribution in [0.15, 0.2) is 28.7 Å². The molecule has 1 N–H and O–H groups in total. The molecule has 0 radical (unpaired) electrons. The van der Waals surface area contributed by atoms with Crippen LogP contribution in [0.4, 0.5) is 10.4 Å². The Labute approximate surface area is 132 Å². The van der Waals surface area contributed by atoms with Gasteiger partial charge in [-0.3, -0.25) is 10.1 Å². The van der Waals surface area contributed by atoms with Crippen molar-refractivity contribution in [3.63, 3.8) is 0 Å². The number of amides is 1. The van der Waals surface area contributed by atoms with E-state index in [1.807, 2.05) is 20.8 Å². The van der Waals surface area contributed by atoms with Crippen molar-refractivity contribution in [2.75, 3.05) is 11.1 Å². The van der Waals surface area contributed by atoms with Crippen LogP contribution in [0.1, 0.15) is 43.4 Å². The smallest absolute Gasteiger partial charge is 0.322 e. The number of anilines is 1. The molecule has 22 heavy (non-hydrogen) atoms. The van der Waals surface area contributed by atoms with E-state index in [2.05, 4.69) is 15.5 Å². The summed E-state index contributed by atoms with van der Waals surface area (Å²) in [5.74, 6) is 0.236. The molecule has 1 aromatic carbocycles. The minimum Gasteiger partial charge on any atom is -0.408 e. The average molecular weight is 323 g/mol. The Hall–Kier alpha value is -1.89. The third kappa shape index (κ3) is 4.30. The van der Waals surface area contributed by atoms with Crippen molar-refractivity contribution >= 4 is 23.7 Å². The number of carbonyl (C=O) groups is 1. The molecule has 2 rings (SSSR count). The summed E-state index contributed by atoms with van der Waals surface area (Å²) in [6.45, 7) is 5.70. The van der Waals surface area contributed by atoms with Crippen molar-refractivity contribution < 1.29 is 13.6 Å². The largest absolute Gasteiger partial charge is 0.408 e. The van der Waals surface area contributed by atoms with E-state index in [1.165, 1.54) is 17.8 Å². The van der Waals surface area contributed by atoms with Gasteiger partial charge >= 0.3 is 6.01 Å². The topological polar surface area (TPSA) is 68.0 Å². The molecule has 5 nitrogen and oxygen atoms in total. The highest BCUT2D eigenvalue weighted by Crippen LogP contribution is 2.29. The van der Waals surface area contributed by atoms with Gasteiger partial charge in [-0.15, -0.1) is 16.9 Å². The first-order chi connectivity index (χ1) is 10.5. The van der Waals surface area contributed by atoms with E-state index in [4.69, 9.17) is 4.42 Å². The second-order valence-electron chi connectivity index (χ2n) is 5.12. The highest BCUT2D eigenvalue weighted by atomic mass is 32.2. The standard InChI is InChI=1S/C15H18FN3O2S/c1-9(2)14-18-19-15(21-14)17-13(20)8-22-10(3)11-6-4-5-7-12(11)16/h4-7,9-10H,8H2,1-3H3,(H,17,19,20). The van der Waals surface area contributed by atoms with Crippen molar-refractivity contribution in [2.24, 2.45) is 0 Å². The number of hydrogen-bond acceptors (Lipinski definition) is 5. The van der Waals surface area contributed by atoms with Crippen molar-refractivity contribution in [1.29, 1.82) is 0 Å². The molecule has 1 heterocycles. The van der Waals surface area contributed by atoms with Gasteiger partial charge in [-0.05, 0) is 13.0 Å². The molecule has 1 aromatic heterocycles. The highest BCUT2D eigenvalue weighted by Gasteiger charge is 2.15. The summed E-state index contributed by atoms with van der Waals surface area (Å²) < 4.78 is 18.9. The van der Waals surface area contributed by atoms with E-state index in [0.717, 1.165) is 0 Å². The van der Waals surface area contributed by atoms with Gasteiger partial charge in [-0.2, -0.15) is 0 Å². The average Bonchev–Trinajstić information content (AvgIpc) is 2.94. The number of benzene rings is 1. The first-order valence-corrected chi connectivity index (χ1v) is 8.01. The van der Waals surface area contributed by atoms with Crippen LogP contribution in [0.3, 0.4) is 0 Å². The Morgan fingerprint density at radius 1 is 1.32 bits per heavy atom. The molecule has 1 amide bonds. The second kappa shape index (κ2) is 7.40. The summed E-state index contributed by atoms with van der Waals surface area (Å²) in [4.78, 5) is 11.9. The lowest BCUT2D eigenvalue weighted by molar-refractivity contribution is -0.113. The van der Waals surface area contributed by atoms with Gasteiger partial charge in [0.05, 0.1) is 5.75 Å². The maximum atomic E-state index is 13.6. The first kappa shape index (κ1) is 16.5. The van der Waals surface area contributed by atoms with Crippen LogP contribution in [0.25, 0.3) is 0 Å². The SMILES string of the molecule is CC(C)c1nnc(NC(=O)CSC(C)c2ccccc2F)o1. The van der Waals surface area contributed by atoms with E-state index < -0.39 is 0 Å². The summed E-state index contributed by atoms with van der Waals surface area (Å²) >= 11 is 1.34. The molecule has 0 aliphatic carbocycles. The lowest BCUT2D eigenvalue weighted by atomic mass is 10.1. The van der Waals surface area contributed by atoms with E-state index in [9.17, 15) is 9.18 Å². The number of thioether (sulfide) groups is 1. The molecule has 2 aromatic rings. The molecule has 118 valence electrons. The lowest BCUT2D eigenvalue weighted by Crippen LogP contribution is -2.15. The number of hydrogen-bond donors (Lipinski definition) is 1. The zero-order chi connectivity index (χ0) is 16.1. The molecule has 0 fully saturated rings. The third-order valence-corrected chi connectivity index (χ3v) is 4.17. The Kier molecular flexibility index (Phi) is 5.54. The molecule has 0 aliphatic rings. The number of nitrogens with zero attached hydrogens (tertiary/aromatic N) is 2. The minimum absolute atomic E-state index is 0.0906. The number of carbonyl (C=O) groups excluding carboxylic acids is 1. The first-order valence-electron chi connectivity index (χ1n) is 6.96. The number of nitrogens with one attached hydrogen (secondary N) is 1. The number of rotatable bonds is 6. The van der Waals surface area contributed by atoms with E-state index in [-0.39, 0.29) is 34.7 Å². The van der Waals surface area contributed by atoms with Gasteiger partial charge in [0.25, 0.3) is 0 Å². The molecular formula is C15H18FN3O2S. The van der Waals surface area contributed by atoms with Crippen molar-refractivity contribution in [2.45, 2.75) is 31.9 Å². The third-order valence-electron chi connectivity index (χ3n) is 2.99. The summed E-state index contributed by atoms with van der Waals surface area (Å²) in [5, 5.41) is 10.0. The fourth-order valence-electron chi connectivity index (χ4n) is 1.77. The maximum absolute atomic E-state index is 13.6. The highest BCUT2D eigenvalue weighted by molar-refractivity contribution is 8.00. The second-order valence-corrected chi connectivity index (χ2v) is 6.45. The summed E-state index contributed by atoms with van der Waals surface area (Å²) in [6.07, 6.45) is 0. The number of halogens is 1. The van der Waals surface area contributed by atoms with E-state index in [1.54, 1.807) is 18.2 Å². The predicted molar refractivity (Wildman–Crippen MR) is 84.3 cm³/mol. The van der Waals surface area contributed by atoms with E-state index in [0.29, 0.717) is 11.5 Å². The lowest BCUT2D eigenvalue weighted by Gasteiger charge is -2.11. The minimum atomic E-state index is -0.263. The van der Waals surface area contributed by atoms with Gasteiger partial charge in [-0.1, -0.05) is 37.1 Å². The van der Waals surface area contributed by atoms with Crippen LogP contribution in [-0.4, -0.2) is 21.9 Å². The fraction of sp³-hybridized carbons (Fsp3) is 0.400. The van der Waals surface area contributed by atoms with Gasteiger partial charge in [0, 0.05) is 16.7 Å². The summed E-state index contributed by atoms with van der Waals surface area (Å²) in [7, 11) is 0. The van der Waals surface area contributed by atoms with Gasteiger partial charge < -0.3 is 4.42 Å². The van der Waals surface area contributed by atoms with E-state index >= 15 is 0 Å².